The number of alkyl halides is 1. The van der Waals surface area contributed by atoms with Gasteiger partial charge in [-0.25, -0.2) is 14.2 Å². The fraction of sp³-hybridized carbons (Fsp3) is 0.333. The van der Waals surface area contributed by atoms with Crippen LogP contribution in [0.4, 0.5) is 14.9 Å². The monoisotopic (exact) mass is 373 g/mol. The van der Waals surface area contributed by atoms with Gasteiger partial charge in [0.05, 0.1) is 18.8 Å². The molecular formula is C18H20FN5O3. The molecule has 1 aliphatic heterocycles. The Hall–Kier alpha value is -3.23. The van der Waals surface area contributed by atoms with Crippen LogP contribution >= 0.6 is 0 Å². The molecule has 2 N–H and O–H groups in total. The number of aromatic nitrogens is 2. The molecule has 3 amide bonds. The number of anilines is 1. The van der Waals surface area contributed by atoms with Gasteiger partial charge in [-0.05, 0) is 12.1 Å². The Morgan fingerprint density at radius 1 is 1.37 bits per heavy atom. The number of carbonyl (C=O) groups excluding carboxylic acids is 2. The van der Waals surface area contributed by atoms with Crippen molar-refractivity contribution in [2.75, 3.05) is 25.0 Å². The second kappa shape index (κ2) is 7.98. The summed E-state index contributed by atoms with van der Waals surface area (Å²) in [5, 5.41) is 2.74. The minimum Gasteiger partial charge on any atom is -0.336 e. The number of hydrogen-bond donors (Lipinski definition) is 2. The normalized spacial score (nSPS) is 19.0. The van der Waals surface area contributed by atoms with Gasteiger partial charge in [0.25, 0.3) is 11.5 Å². The van der Waals surface area contributed by atoms with E-state index in [1.54, 1.807) is 19.2 Å². The molecule has 8 nitrogen and oxygen atoms in total. The van der Waals surface area contributed by atoms with Gasteiger partial charge in [-0.1, -0.05) is 18.2 Å². The Balaban J connectivity index is 1.64. The van der Waals surface area contributed by atoms with Crippen molar-refractivity contribution in [2.45, 2.75) is 18.6 Å². The highest BCUT2D eigenvalue weighted by molar-refractivity contribution is 5.93. The van der Waals surface area contributed by atoms with E-state index >= 15 is 0 Å². The lowest BCUT2D eigenvalue weighted by Gasteiger charge is -2.25. The van der Waals surface area contributed by atoms with Gasteiger partial charge in [0.15, 0.2) is 0 Å². The van der Waals surface area contributed by atoms with Crippen LogP contribution in [0.3, 0.4) is 0 Å². The molecule has 2 atom stereocenters. The number of nitrogens with zero attached hydrogens (tertiary/aromatic N) is 3. The van der Waals surface area contributed by atoms with Crippen molar-refractivity contribution in [3.8, 4) is 0 Å². The fourth-order valence-electron chi connectivity index (χ4n) is 3.00. The standard InChI is InChI=1S/C18H20FN5O3/c1-23(13-5-3-2-4-6-13)18(27)22-8-14-7-12(19)11-24(14)17(26)15-9-21-16(25)10-20-15/h2-6,9-10,12,14H,7-8,11H2,1H3,(H,21,25)(H,22,27)/t12-,14-/m0/s1. The van der Waals surface area contributed by atoms with Crippen LogP contribution in [0.15, 0.2) is 47.5 Å². The SMILES string of the molecule is CN(C(=O)NC[C@@H]1C[C@H](F)CN1C(=O)c1c[nH]c(=O)cn1)c1ccccc1. The number of benzene rings is 1. The molecule has 0 unspecified atom stereocenters. The lowest BCUT2D eigenvalue weighted by Crippen LogP contribution is -2.46. The summed E-state index contributed by atoms with van der Waals surface area (Å²) in [5.74, 6) is -0.484. The second-order valence-electron chi connectivity index (χ2n) is 6.32. The minimum atomic E-state index is -1.18. The second-order valence-corrected chi connectivity index (χ2v) is 6.32. The summed E-state index contributed by atoms with van der Waals surface area (Å²) in [5.41, 5.74) is 0.320. The summed E-state index contributed by atoms with van der Waals surface area (Å²) < 4.78 is 13.9. The van der Waals surface area contributed by atoms with E-state index < -0.39 is 23.7 Å². The summed E-state index contributed by atoms with van der Waals surface area (Å²) in [4.78, 5) is 44.9. The number of nitrogens with one attached hydrogen (secondary N) is 2. The topological polar surface area (TPSA) is 98.4 Å². The zero-order chi connectivity index (χ0) is 19.4. The van der Waals surface area contributed by atoms with Crippen LogP contribution in [0, 0.1) is 0 Å². The van der Waals surface area contributed by atoms with Crippen LogP contribution in [-0.2, 0) is 0 Å². The highest BCUT2D eigenvalue weighted by atomic mass is 19.1. The van der Waals surface area contributed by atoms with Crippen molar-refractivity contribution in [3.05, 3.63) is 58.8 Å². The Morgan fingerprint density at radius 2 is 2.11 bits per heavy atom. The number of para-hydroxylation sites is 1. The van der Waals surface area contributed by atoms with Crippen LogP contribution < -0.4 is 15.8 Å². The van der Waals surface area contributed by atoms with Gasteiger partial charge in [0.1, 0.15) is 11.9 Å². The van der Waals surface area contributed by atoms with E-state index in [0.29, 0.717) is 0 Å². The molecule has 2 aromatic rings. The third kappa shape index (κ3) is 4.30. The van der Waals surface area contributed by atoms with Crippen LogP contribution in [0.2, 0.25) is 0 Å². The summed E-state index contributed by atoms with van der Waals surface area (Å²) in [7, 11) is 1.63. The van der Waals surface area contributed by atoms with Gasteiger partial charge in [-0.2, -0.15) is 0 Å². The average molecular weight is 373 g/mol. The molecule has 9 heteroatoms. The molecule has 0 aliphatic carbocycles. The number of aromatic amines is 1. The average Bonchev–Trinajstić information content (AvgIpc) is 3.06. The molecular weight excluding hydrogens is 353 g/mol. The zero-order valence-electron chi connectivity index (χ0n) is 14.8. The third-order valence-electron chi connectivity index (χ3n) is 4.45. The molecule has 1 aromatic carbocycles. The molecule has 0 spiro atoms. The lowest BCUT2D eigenvalue weighted by molar-refractivity contribution is 0.0723. The predicted octanol–water partition coefficient (Wildman–Crippen LogP) is 1.17. The number of halogens is 1. The first-order chi connectivity index (χ1) is 13.0. The summed E-state index contributed by atoms with van der Waals surface area (Å²) in [6.07, 6.45) is 1.16. The molecule has 1 aromatic heterocycles. The number of H-pyrrole nitrogens is 1. The van der Waals surface area contributed by atoms with Gasteiger partial charge >= 0.3 is 6.03 Å². The molecule has 2 heterocycles. The zero-order valence-corrected chi connectivity index (χ0v) is 14.8. The van der Waals surface area contributed by atoms with Crippen LogP contribution in [0.5, 0.6) is 0 Å². The van der Waals surface area contributed by atoms with E-state index in [1.165, 1.54) is 16.0 Å². The molecule has 1 saturated heterocycles. The van der Waals surface area contributed by atoms with Gasteiger partial charge in [0, 0.05) is 31.9 Å². The van der Waals surface area contributed by atoms with Crippen molar-refractivity contribution < 1.29 is 14.0 Å². The molecule has 1 fully saturated rings. The summed E-state index contributed by atoms with van der Waals surface area (Å²) in [6, 6.07) is 8.24. The number of hydrogen-bond acceptors (Lipinski definition) is 4. The van der Waals surface area contributed by atoms with Crippen molar-refractivity contribution in [1.29, 1.82) is 0 Å². The van der Waals surface area contributed by atoms with Crippen LogP contribution in [0.25, 0.3) is 0 Å². The van der Waals surface area contributed by atoms with E-state index in [1.807, 2.05) is 18.2 Å². The fourth-order valence-corrected chi connectivity index (χ4v) is 3.00. The first kappa shape index (κ1) is 18.6. The minimum absolute atomic E-state index is 0.0291. The Bertz CT molecular complexity index is 852. The Labute approximate surface area is 155 Å². The highest BCUT2D eigenvalue weighted by Crippen LogP contribution is 2.22. The highest BCUT2D eigenvalue weighted by Gasteiger charge is 2.36. The number of carbonyl (C=O) groups is 2. The van der Waals surface area contributed by atoms with Crippen molar-refractivity contribution in [1.82, 2.24) is 20.2 Å². The largest absolute Gasteiger partial charge is 0.336 e. The molecule has 27 heavy (non-hydrogen) atoms. The number of rotatable bonds is 4. The maximum atomic E-state index is 13.9. The van der Waals surface area contributed by atoms with E-state index in [0.717, 1.165) is 11.9 Å². The van der Waals surface area contributed by atoms with Gasteiger partial charge in [-0.15, -0.1) is 0 Å². The first-order valence-corrected chi connectivity index (χ1v) is 8.52. The van der Waals surface area contributed by atoms with Crippen molar-refractivity contribution in [3.63, 3.8) is 0 Å². The predicted molar refractivity (Wildman–Crippen MR) is 97.4 cm³/mol. The molecule has 142 valence electrons. The smallest absolute Gasteiger partial charge is 0.321 e. The summed E-state index contributed by atoms with van der Waals surface area (Å²) in [6.45, 7) is 0.0419. The van der Waals surface area contributed by atoms with E-state index in [2.05, 4.69) is 15.3 Å². The molecule has 0 bridgehead atoms. The summed E-state index contributed by atoms with van der Waals surface area (Å²) >= 11 is 0. The van der Waals surface area contributed by atoms with Gasteiger partial charge in [-0.3, -0.25) is 14.5 Å². The third-order valence-corrected chi connectivity index (χ3v) is 4.45. The quantitative estimate of drug-likeness (QED) is 0.840. The van der Waals surface area contributed by atoms with Crippen LogP contribution in [-0.4, -0.2) is 59.2 Å². The van der Waals surface area contributed by atoms with Crippen LogP contribution in [0.1, 0.15) is 16.9 Å². The number of urea groups is 1. The molecule has 1 aliphatic rings. The van der Waals surface area contributed by atoms with E-state index in [9.17, 15) is 18.8 Å². The molecule has 0 saturated carbocycles. The van der Waals surface area contributed by atoms with Gasteiger partial charge < -0.3 is 15.2 Å². The van der Waals surface area contributed by atoms with Crippen molar-refractivity contribution in [2.24, 2.45) is 0 Å². The molecule has 3 rings (SSSR count). The Morgan fingerprint density at radius 3 is 2.78 bits per heavy atom. The maximum Gasteiger partial charge on any atom is 0.321 e. The number of amides is 3. The van der Waals surface area contributed by atoms with E-state index in [4.69, 9.17) is 0 Å². The maximum absolute atomic E-state index is 13.9. The number of likely N-dealkylation sites (tertiary alicyclic amines) is 1. The van der Waals surface area contributed by atoms with E-state index in [-0.39, 0.29) is 31.2 Å². The Kier molecular flexibility index (Phi) is 5.49. The first-order valence-electron chi connectivity index (χ1n) is 8.52. The van der Waals surface area contributed by atoms with Crippen molar-refractivity contribution >= 4 is 17.6 Å². The van der Waals surface area contributed by atoms with Gasteiger partial charge in [0.2, 0.25) is 0 Å². The lowest BCUT2D eigenvalue weighted by atomic mass is 10.2. The molecule has 0 radical (unpaired) electrons.